The standard InChI is InChI=1S/C19H19FN4O/c1-2-5-16(12-6-3-7-13(20)10-12)24-19-15-9-4-8-14(18(21)25)17(15)22-11-23-19/h3-4,6-11,16H,2,5H2,1H3,(H2,21,25)(H,22,23,24). The number of anilines is 1. The highest BCUT2D eigenvalue weighted by Gasteiger charge is 2.16. The summed E-state index contributed by atoms with van der Waals surface area (Å²) in [4.78, 5) is 20.1. The first-order valence-electron chi connectivity index (χ1n) is 8.15. The number of nitrogens with two attached hydrogens (primary N) is 1. The third-order valence-corrected chi connectivity index (χ3v) is 4.07. The molecule has 1 unspecified atom stereocenters. The molecule has 128 valence electrons. The first kappa shape index (κ1) is 16.8. The van der Waals surface area contributed by atoms with Crippen LogP contribution in [0, 0.1) is 5.82 Å². The van der Waals surface area contributed by atoms with Crippen LogP contribution in [0.15, 0.2) is 48.8 Å². The van der Waals surface area contributed by atoms with Crippen LogP contribution in [0.25, 0.3) is 10.9 Å². The molecule has 2 aromatic carbocycles. The molecular formula is C19H19FN4O. The Morgan fingerprint density at radius 2 is 2.04 bits per heavy atom. The molecule has 0 aliphatic heterocycles. The lowest BCUT2D eigenvalue weighted by Gasteiger charge is -2.20. The van der Waals surface area contributed by atoms with Gasteiger partial charge in [0.15, 0.2) is 0 Å². The number of amides is 1. The van der Waals surface area contributed by atoms with Crippen LogP contribution in [0.5, 0.6) is 0 Å². The van der Waals surface area contributed by atoms with Crippen LogP contribution in [-0.2, 0) is 0 Å². The maximum atomic E-state index is 13.6. The Bertz CT molecular complexity index is 913. The van der Waals surface area contributed by atoms with Crippen LogP contribution in [-0.4, -0.2) is 15.9 Å². The summed E-state index contributed by atoms with van der Waals surface area (Å²) in [6.45, 7) is 2.07. The molecule has 0 fully saturated rings. The van der Waals surface area contributed by atoms with Crippen LogP contribution in [0.2, 0.25) is 0 Å². The molecular weight excluding hydrogens is 319 g/mol. The summed E-state index contributed by atoms with van der Waals surface area (Å²) in [5.74, 6) is -0.217. The molecule has 3 rings (SSSR count). The number of carbonyl (C=O) groups excluding carboxylic acids is 1. The predicted octanol–water partition coefficient (Wildman–Crippen LogP) is 3.82. The molecule has 1 atom stereocenters. The number of benzene rings is 2. The van der Waals surface area contributed by atoms with Gasteiger partial charge in [-0.15, -0.1) is 0 Å². The van der Waals surface area contributed by atoms with E-state index in [0.717, 1.165) is 18.4 Å². The second-order valence-electron chi connectivity index (χ2n) is 5.83. The lowest BCUT2D eigenvalue weighted by Crippen LogP contribution is -2.14. The summed E-state index contributed by atoms with van der Waals surface area (Å²) in [5, 5.41) is 4.07. The van der Waals surface area contributed by atoms with Gasteiger partial charge in [-0.25, -0.2) is 14.4 Å². The van der Waals surface area contributed by atoms with Gasteiger partial charge in [0.1, 0.15) is 18.0 Å². The van der Waals surface area contributed by atoms with Crippen LogP contribution < -0.4 is 11.1 Å². The number of rotatable bonds is 6. The fourth-order valence-electron chi connectivity index (χ4n) is 2.90. The molecule has 5 nitrogen and oxygen atoms in total. The zero-order chi connectivity index (χ0) is 17.8. The molecule has 0 saturated carbocycles. The Kier molecular flexibility index (Phi) is 4.88. The minimum Gasteiger partial charge on any atom is -0.366 e. The van der Waals surface area contributed by atoms with Crippen molar-refractivity contribution in [2.75, 3.05) is 5.32 Å². The Balaban J connectivity index is 2.03. The Morgan fingerprint density at radius 1 is 1.24 bits per heavy atom. The fraction of sp³-hybridized carbons (Fsp3) is 0.211. The first-order valence-corrected chi connectivity index (χ1v) is 8.15. The van der Waals surface area contributed by atoms with Crippen molar-refractivity contribution in [1.29, 1.82) is 0 Å². The second-order valence-corrected chi connectivity index (χ2v) is 5.83. The van der Waals surface area contributed by atoms with E-state index in [1.54, 1.807) is 18.2 Å². The van der Waals surface area contributed by atoms with Crippen molar-refractivity contribution in [3.8, 4) is 0 Å². The molecule has 0 aliphatic rings. The first-order chi connectivity index (χ1) is 12.1. The average molecular weight is 338 g/mol. The minimum absolute atomic E-state index is 0.101. The molecule has 0 spiro atoms. The van der Waals surface area contributed by atoms with Crippen LogP contribution in [0.1, 0.15) is 41.7 Å². The third-order valence-electron chi connectivity index (χ3n) is 4.07. The summed E-state index contributed by atoms with van der Waals surface area (Å²) in [6, 6.07) is 11.6. The van der Waals surface area contributed by atoms with Gasteiger partial charge in [-0.3, -0.25) is 4.79 Å². The van der Waals surface area contributed by atoms with Crippen molar-refractivity contribution in [2.45, 2.75) is 25.8 Å². The zero-order valence-corrected chi connectivity index (χ0v) is 13.9. The van der Waals surface area contributed by atoms with Crippen molar-refractivity contribution in [3.63, 3.8) is 0 Å². The maximum Gasteiger partial charge on any atom is 0.250 e. The van der Waals surface area contributed by atoms with E-state index in [-0.39, 0.29) is 11.9 Å². The molecule has 0 radical (unpaired) electrons. The quantitative estimate of drug-likeness (QED) is 0.716. The van der Waals surface area contributed by atoms with E-state index in [4.69, 9.17) is 5.73 Å². The molecule has 0 bridgehead atoms. The largest absolute Gasteiger partial charge is 0.366 e. The number of hydrogen-bond acceptors (Lipinski definition) is 4. The van der Waals surface area contributed by atoms with Crippen LogP contribution in [0.4, 0.5) is 10.2 Å². The van der Waals surface area contributed by atoms with E-state index in [2.05, 4.69) is 22.2 Å². The van der Waals surface area contributed by atoms with Gasteiger partial charge in [-0.2, -0.15) is 0 Å². The van der Waals surface area contributed by atoms with Gasteiger partial charge in [-0.1, -0.05) is 31.5 Å². The van der Waals surface area contributed by atoms with Gasteiger partial charge in [0.2, 0.25) is 0 Å². The van der Waals surface area contributed by atoms with E-state index in [1.807, 2.05) is 12.1 Å². The SMILES string of the molecule is CCCC(Nc1ncnc2c(C(N)=O)cccc12)c1cccc(F)c1. The molecule has 3 N–H and O–H groups in total. The number of halogens is 1. The lowest BCUT2D eigenvalue weighted by molar-refractivity contribution is 0.100. The van der Waals surface area contributed by atoms with Gasteiger partial charge in [0.05, 0.1) is 17.1 Å². The molecule has 6 heteroatoms. The Morgan fingerprint density at radius 3 is 2.76 bits per heavy atom. The number of fused-ring (bicyclic) bond motifs is 1. The number of hydrogen-bond donors (Lipinski definition) is 2. The monoisotopic (exact) mass is 338 g/mol. The molecule has 1 amide bonds. The van der Waals surface area contributed by atoms with Gasteiger partial charge in [0.25, 0.3) is 5.91 Å². The van der Waals surface area contributed by atoms with Crippen LogP contribution in [0.3, 0.4) is 0 Å². The van der Waals surface area contributed by atoms with Crippen molar-refractivity contribution in [2.24, 2.45) is 5.73 Å². The van der Waals surface area contributed by atoms with Gasteiger partial charge in [-0.05, 0) is 36.2 Å². The highest BCUT2D eigenvalue weighted by Crippen LogP contribution is 2.28. The molecule has 0 saturated heterocycles. The summed E-state index contributed by atoms with van der Waals surface area (Å²) < 4.78 is 13.6. The summed E-state index contributed by atoms with van der Waals surface area (Å²) in [7, 11) is 0. The van der Waals surface area contributed by atoms with Crippen molar-refractivity contribution in [1.82, 2.24) is 9.97 Å². The number of nitrogens with zero attached hydrogens (tertiary/aromatic N) is 2. The van der Waals surface area contributed by atoms with E-state index >= 15 is 0 Å². The predicted molar refractivity (Wildman–Crippen MR) is 95.7 cm³/mol. The summed E-state index contributed by atoms with van der Waals surface area (Å²) in [5.41, 5.74) is 7.12. The average Bonchev–Trinajstić information content (AvgIpc) is 2.61. The van der Waals surface area contributed by atoms with Crippen molar-refractivity contribution in [3.05, 3.63) is 65.7 Å². The topological polar surface area (TPSA) is 80.9 Å². The number of para-hydroxylation sites is 1. The molecule has 3 aromatic rings. The summed E-state index contributed by atoms with van der Waals surface area (Å²) in [6.07, 6.45) is 3.12. The Labute approximate surface area is 145 Å². The number of aromatic nitrogens is 2. The lowest BCUT2D eigenvalue weighted by atomic mass is 10.0. The normalized spacial score (nSPS) is 12.1. The molecule has 1 aromatic heterocycles. The minimum atomic E-state index is -0.537. The van der Waals surface area contributed by atoms with Crippen molar-refractivity contribution >= 4 is 22.6 Å². The third kappa shape index (κ3) is 3.57. The number of primary amides is 1. The molecule has 1 heterocycles. The van der Waals surface area contributed by atoms with E-state index in [1.165, 1.54) is 18.5 Å². The van der Waals surface area contributed by atoms with Gasteiger partial charge < -0.3 is 11.1 Å². The maximum absolute atomic E-state index is 13.6. The zero-order valence-electron chi connectivity index (χ0n) is 13.9. The second kappa shape index (κ2) is 7.25. The fourth-order valence-corrected chi connectivity index (χ4v) is 2.90. The van der Waals surface area contributed by atoms with E-state index < -0.39 is 5.91 Å². The Hall–Kier alpha value is -3.02. The highest BCUT2D eigenvalue weighted by molar-refractivity contribution is 6.06. The van der Waals surface area contributed by atoms with E-state index in [0.29, 0.717) is 22.3 Å². The highest BCUT2D eigenvalue weighted by atomic mass is 19.1. The summed E-state index contributed by atoms with van der Waals surface area (Å²) >= 11 is 0. The number of carbonyl (C=O) groups is 1. The van der Waals surface area contributed by atoms with Gasteiger partial charge >= 0.3 is 0 Å². The van der Waals surface area contributed by atoms with E-state index in [9.17, 15) is 9.18 Å². The molecule has 25 heavy (non-hydrogen) atoms. The van der Waals surface area contributed by atoms with Gasteiger partial charge in [0, 0.05) is 5.39 Å². The van der Waals surface area contributed by atoms with Crippen LogP contribution >= 0.6 is 0 Å². The van der Waals surface area contributed by atoms with Crippen molar-refractivity contribution < 1.29 is 9.18 Å². The molecule has 0 aliphatic carbocycles. The smallest absolute Gasteiger partial charge is 0.250 e. The number of nitrogens with one attached hydrogen (secondary N) is 1.